The van der Waals surface area contributed by atoms with Gasteiger partial charge in [-0.25, -0.2) is 4.98 Å². The lowest BCUT2D eigenvalue weighted by atomic mass is 9.92. The van der Waals surface area contributed by atoms with E-state index in [1.54, 1.807) is 0 Å². The molecule has 1 saturated carbocycles. The average Bonchev–Trinajstić information content (AvgIpc) is 3.34. The molecule has 1 aromatic heterocycles. The van der Waals surface area contributed by atoms with Crippen LogP contribution < -0.4 is 5.56 Å². The summed E-state index contributed by atoms with van der Waals surface area (Å²) in [6, 6.07) is 10.8. The maximum Gasteiger partial charge on any atom is 0.254 e. The van der Waals surface area contributed by atoms with Gasteiger partial charge in [-0.15, -0.1) is 0 Å². The van der Waals surface area contributed by atoms with E-state index in [-0.39, 0.29) is 17.4 Å². The van der Waals surface area contributed by atoms with Gasteiger partial charge in [0.2, 0.25) is 5.91 Å². The van der Waals surface area contributed by atoms with E-state index in [4.69, 9.17) is 4.98 Å². The first-order valence-corrected chi connectivity index (χ1v) is 12.3. The number of amides is 1. The Morgan fingerprint density at radius 2 is 1.88 bits per heavy atom. The van der Waals surface area contributed by atoms with Gasteiger partial charge in [0.15, 0.2) is 0 Å². The maximum absolute atomic E-state index is 12.8. The Balaban J connectivity index is 1.23. The zero-order valence-electron chi connectivity index (χ0n) is 18.9. The van der Waals surface area contributed by atoms with Crippen LogP contribution in [0, 0.1) is 0 Å². The fourth-order valence-electron chi connectivity index (χ4n) is 5.69. The van der Waals surface area contributed by atoms with Crippen LogP contribution in [0.4, 0.5) is 0 Å². The van der Waals surface area contributed by atoms with Crippen molar-refractivity contribution in [2.45, 2.75) is 76.3 Å². The number of benzene rings is 1. The standard InChI is InChI=1S/C26H34N4O2/c31-24(12-11-19-7-3-1-4-8-19)30-15-13-20(17-30)25-27-23-18-29(21-9-5-2-6-10-21)16-14-22(23)26(32)28-25/h1,3-4,7-8,20-21H,2,5-6,9-18H2,(H,27,28,32)/t20-/m1/s1. The number of rotatable bonds is 5. The van der Waals surface area contributed by atoms with Gasteiger partial charge in [-0.1, -0.05) is 49.6 Å². The minimum atomic E-state index is 0.0298. The van der Waals surface area contributed by atoms with Crippen LogP contribution in [-0.2, 0) is 24.2 Å². The molecule has 1 aromatic carbocycles. The van der Waals surface area contributed by atoms with E-state index in [0.717, 1.165) is 56.0 Å². The Hall–Kier alpha value is -2.47. The summed E-state index contributed by atoms with van der Waals surface area (Å²) in [7, 11) is 0. The highest BCUT2D eigenvalue weighted by molar-refractivity contribution is 5.76. The third-order valence-corrected chi connectivity index (χ3v) is 7.61. The second-order valence-electron chi connectivity index (χ2n) is 9.70. The first-order chi connectivity index (χ1) is 15.7. The number of fused-ring (bicyclic) bond motifs is 1. The number of aryl methyl sites for hydroxylation is 1. The van der Waals surface area contributed by atoms with Crippen molar-refractivity contribution in [3.63, 3.8) is 0 Å². The molecule has 5 rings (SSSR count). The molecule has 0 spiro atoms. The number of nitrogens with zero attached hydrogens (tertiary/aromatic N) is 3. The number of aromatic amines is 1. The van der Waals surface area contributed by atoms with Crippen LogP contribution in [0.5, 0.6) is 0 Å². The molecule has 0 bridgehead atoms. The third kappa shape index (κ3) is 4.65. The molecule has 0 unspecified atom stereocenters. The monoisotopic (exact) mass is 434 g/mol. The van der Waals surface area contributed by atoms with Gasteiger partial charge in [-0.2, -0.15) is 0 Å². The quantitative estimate of drug-likeness (QED) is 0.783. The molecule has 2 aliphatic heterocycles. The van der Waals surface area contributed by atoms with Crippen molar-refractivity contribution < 1.29 is 4.79 Å². The summed E-state index contributed by atoms with van der Waals surface area (Å²) >= 11 is 0. The van der Waals surface area contributed by atoms with E-state index in [9.17, 15) is 9.59 Å². The van der Waals surface area contributed by atoms with Crippen LogP contribution in [0.1, 0.15) is 73.5 Å². The average molecular weight is 435 g/mol. The summed E-state index contributed by atoms with van der Waals surface area (Å²) in [6.45, 7) is 3.16. The van der Waals surface area contributed by atoms with Crippen molar-refractivity contribution in [2.24, 2.45) is 0 Å². The van der Waals surface area contributed by atoms with E-state index in [1.807, 2.05) is 23.1 Å². The van der Waals surface area contributed by atoms with Gasteiger partial charge in [0.1, 0.15) is 5.82 Å². The molecule has 6 nitrogen and oxygen atoms in total. The first-order valence-electron chi connectivity index (χ1n) is 12.3. The molecule has 1 N–H and O–H groups in total. The van der Waals surface area contributed by atoms with Crippen molar-refractivity contribution in [1.29, 1.82) is 0 Å². The Kier molecular flexibility index (Phi) is 6.39. The number of aromatic nitrogens is 2. The van der Waals surface area contributed by atoms with E-state index in [1.165, 1.54) is 37.7 Å². The minimum Gasteiger partial charge on any atom is -0.342 e. The van der Waals surface area contributed by atoms with Crippen LogP contribution in [-0.4, -0.2) is 51.4 Å². The lowest BCUT2D eigenvalue weighted by Gasteiger charge is -2.37. The molecule has 1 aliphatic carbocycles. The SMILES string of the molecule is O=C(CCc1ccccc1)N1CC[C@@H](c2nc3c(c(=O)[nH]2)CCN(C2CCCCC2)C3)C1. The molecule has 2 aromatic rings. The van der Waals surface area contributed by atoms with Gasteiger partial charge >= 0.3 is 0 Å². The van der Waals surface area contributed by atoms with Crippen LogP contribution in [0.3, 0.4) is 0 Å². The molecule has 32 heavy (non-hydrogen) atoms. The summed E-state index contributed by atoms with van der Waals surface area (Å²) < 4.78 is 0. The normalized spacial score (nSPS) is 22.1. The Morgan fingerprint density at radius 3 is 2.69 bits per heavy atom. The first kappa shape index (κ1) is 21.4. The van der Waals surface area contributed by atoms with Crippen molar-refractivity contribution >= 4 is 5.91 Å². The highest BCUT2D eigenvalue weighted by Gasteiger charge is 2.31. The van der Waals surface area contributed by atoms with Gasteiger partial charge in [0, 0.05) is 50.1 Å². The Bertz CT molecular complexity index is 997. The van der Waals surface area contributed by atoms with Crippen LogP contribution in [0.25, 0.3) is 0 Å². The molecule has 1 amide bonds. The van der Waals surface area contributed by atoms with Crippen LogP contribution in [0.2, 0.25) is 0 Å². The largest absolute Gasteiger partial charge is 0.342 e. The fraction of sp³-hybridized carbons (Fsp3) is 0.577. The van der Waals surface area contributed by atoms with E-state index < -0.39 is 0 Å². The number of carbonyl (C=O) groups excluding carboxylic acids is 1. The number of hydrogen-bond acceptors (Lipinski definition) is 4. The number of hydrogen-bond donors (Lipinski definition) is 1. The van der Waals surface area contributed by atoms with E-state index >= 15 is 0 Å². The second kappa shape index (κ2) is 9.57. The number of carbonyl (C=O) groups is 1. The number of likely N-dealkylation sites (tertiary alicyclic amines) is 1. The van der Waals surface area contributed by atoms with Crippen molar-refractivity contribution in [2.75, 3.05) is 19.6 Å². The number of nitrogens with one attached hydrogen (secondary N) is 1. The lowest BCUT2D eigenvalue weighted by Crippen LogP contribution is -2.42. The zero-order chi connectivity index (χ0) is 21.9. The van der Waals surface area contributed by atoms with Gasteiger partial charge in [-0.05, 0) is 37.7 Å². The maximum atomic E-state index is 12.8. The van der Waals surface area contributed by atoms with E-state index in [2.05, 4.69) is 22.0 Å². The molecule has 3 aliphatic rings. The van der Waals surface area contributed by atoms with Gasteiger partial charge in [-0.3, -0.25) is 14.5 Å². The summed E-state index contributed by atoms with van der Waals surface area (Å²) in [5, 5.41) is 0. The lowest BCUT2D eigenvalue weighted by molar-refractivity contribution is -0.130. The van der Waals surface area contributed by atoms with Crippen molar-refractivity contribution in [3.05, 3.63) is 63.3 Å². The smallest absolute Gasteiger partial charge is 0.254 e. The van der Waals surface area contributed by atoms with E-state index in [0.29, 0.717) is 19.0 Å². The van der Waals surface area contributed by atoms with Crippen LogP contribution >= 0.6 is 0 Å². The predicted octanol–water partition coefficient (Wildman–Crippen LogP) is 3.41. The Labute approximate surface area is 190 Å². The molecule has 3 heterocycles. The molecule has 170 valence electrons. The van der Waals surface area contributed by atoms with Crippen molar-refractivity contribution in [1.82, 2.24) is 19.8 Å². The summed E-state index contributed by atoms with van der Waals surface area (Å²) in [6.07, 6.45) is 9.49. The predicted molar refractivity (Wildman–Crippen MR) is 125 cm³/mol. The highest BCUT2D eigenvalue weighted by atomic mass is 16.2. The van der Waals surface area contributed by atoms with Crippen LogP contribution in [0.15, 0.2) is 35.1 Å². The molecule has 6 heteroatoms. The van der Waals surface area contributed by atoms with Crippen molar-refractivity contribution in [3.8, 4) is 0 Å². The molecule has 2 fully saturated rings. The fourth-order valence-corrected chi connectivity index (χ4v) is 5.69. The zero-order valence-corrected chi connectivity index (χ0v) is 18.9. The molecule has 1 atom stereocenters. The van der Waals surface area contributed by atoms with Gasteiger partial charge in [0.25, 0.3) is 5.56 Å². The highest BCUT2D eigenvalue weighted by Crippen LogP contribution is 2.29. The third-order valence-electron chi connectivity index (χ3n) is 7.61. The molecular weight excluding hydrogens is 400 g/mol. The minimum absolute atomic E-state index is 0.0298. The molecule has 0 radical (unpaired) electrons. The number of H-pyrrole nitrogens is 1. The molecule has 1 saturated heterocycles. The topological polar surface area (TPSA) is 69.3 Å². The summed E-state index contributed by atoms with van der Waals surface area (Å²) in [4.78, 5) is 38.1. The summed E-state index contributed by atoms with van der Waals surface area (Å²) in [5.74, 6) is 1.09. The second-order valence-corrected chi connectivity index (χ2v) is 9.70. The van der Waals surface area contributed by atoms with Gasteiger partial charge in [0.05, 0.1) is 5.69 Å². The molecular formula is C26H34N4O2. The van der Waals surface area contributed by atoms with Gasteiger partial charge < -0.3 is 9.88 Å². The Morgan fingerprint density at radius 1 is 1.06 bits per heavy atom. The summed E-state index contributed by atoms with van der Waals surface area (Å²) in [5.41, 5.74) is 3.06.